The highest BCUT2D eigenvalue weighted by Crippen LogP contribution is 2.20. The SMILES string of the molecule is Cc1cc(CNCC(C)(C)O)ccc1OC(C)C. The van der Waals surface area contributed by atoms with Crippen molar-refractivity contribution in [2.24, 2.45) is 0 Å². The standard InChI is InChI=1S/C15H25NO2/c1-11(2)18-14-7-6-13(8-12(14)3)9-16-10-15(4,5)17/h6-8,11,16-17H,9-10H2,1-5H3. The Labute approximate surface area is 110 Å². The summed E-state index contributed by atoms with van der Waals surface area (Å²) in [5.41, 5.74) is 1.68. The minimum atomic E-state index is -0.671. The van der Waals surface area contributed by atoms with E-state index in [9.17, 15) is 5.11 Å². The first-order valence-electron chi connectivity index (χ1n) is 6.47. The van der Waals surface area contributed by atoms with Crippen molar-refractivity contribution in [3.63, 3.8) is 0 Å². The fraction of sp³-hybridized carbons (Fsp3) is 0.600. The van der Waals surface area contributed by atoms with Crippen molar-refractivity contribution in [2.75, 3.05) is 6.54 Å². The predicted octanol–water partition coefficient (Wildman–Crippen LogP) is 2.64. The molecular weight excluding hydrogens is 226 g/mol. The second kappa shape index (κ2) is 6.21. The van der Waals surface area contributed by atoms with Crippen LogP contribution in [0.1, 0.15) is 38.8 Å². The topological polar surface area (TPSA) is 41.5 Å². The molecule has 102 valence electrons. The zero-order valence-corrected chi connectivity index (χ0v) is 12.1. The largest absolute Gasteiger partial charge is 0.491 e. The number of aryl methyl sites for hydroxylation is 1. The van der Waals surface area contributed by atoms with Gasteiger partial charge in [-0.05, 0) is 51.8 Å². The van der Waals surface area contributed by atoms with Crippen molar-refractivity contribution in [1.82, 2.24) is 5.32 Å². The summed E-state index contributed by atoms with van der Waals surface area (Å²) < 4.78 is 5.70. The molecule has 0 spiro atoms. The molecule has 0 heterocycles. The van der Waals surface area contributed by atoms with E-state index in [1.807, 2.05) is 19.9 Å². The smallest absolute Gasteiger partial charge is 0.122 e. The predicted molar refractivity (Wildman–Crippen MR) is 74.9 cm³/mol. The Morgan fingerprint density at radius 2 is 2.00 bits per heavy atom. The van der Waals surface area contributed by atoms with Gasteiger partial charge in [0.15, 0.2) is 0 Å². The highest BCUT2D eigenvalue weighted by atomic mass is 16.5. The summed E-state index contributed by atoms with van der Waals surface area (Å²) in [6.07, 6.45) is 0.197. The Morgan fingerprint density at radius 3 is 2.50 bits per heavy atom. The third kappa shape index (κ3) is 5.52. The maximum atomic E-state index is 9.61. The molecular formula is C15H25NO2. The number of nitrogens with one attached hydrogen (secondary N) is 1. The highest BCUT2D eigenvalue weighted by molar-refractivity contribution is 5.36. The van der Waals surface area contributed by atoms with E-state index in [0.29, 0.717) is 6.54 Å². The van der Waals surface area contributed by atoms with Crippen molar-refractivity contribution in [3.8, 4) is 5.75 Å². The molecule has 0 radical (unpaired) electrons. The summed E-state index contributed by atoms with van der Waals surface area (Å²) in [7, 11) is 0. The van der Waals surface area contributed by atoms with Crippen molar-refractivity contribution < 1.29 is 9.84 Å². The Bertz CT molecular complexity index is 381. The average molecular weight is 251 g/mol. The van der Waals surface area contributed by atoms with Crippen molar-refractivity contribution in [3.05, 3.63) is 29.3 Å². The van der Waals surface area contributed by atoms with Crippen LogP contribution in [-0.4, -0.2) is 23.4 Å². The summed E-state index contributed by atoms with van der Waals surface area (Å²) in [6.45, 7) is 11.0. The maximum absolute atomic E-state index is 9.61. The molecule has 3 heteroatoms. The quantitative estimate of drug-likeness (QED) is 0.816. The first kappa shape index (κ1) is 15.0. The van der Waals surface area contributed by atoms with E-state index < -0.39 is 5.60 Å². The number of rotatable bonds is 6. The van der Waals surface area contributed by atoms with E-state index >= 15 is 0 Å². The van der Waals surface area contributed by atoms with Crippen LogP contribution in [-0.2, 0) is 6.54 Å². The zero-order chi connectivity index (χ0) is 13.8. The molecule has 3 nitrogen and oxygen atoms in total. The Hall–Kier alpha value is -1.06. The summed E-state index contributed by atoms with van der Waals surface area (Å²) in [5.74, 6) is 0.941. The van der Waals surface area contributed by atoms with Gasteiger partial charge in [0.05, 0.1) is 11.7 Å². The lowest BCUT2D eigenvalue weighted by molar-refractivity contribution is 0.0795. The summed E-state index contributed by atoms with van der Waals surface area (Å²) in [5, 5.41) is 12.8. The molecule has 0 amide bonds. The molecule has 1 aromatic carbocycles. The van der Waals surface area contributed by atoms with Crippen molar-refractivity contribution in [2.45, 2.75) is 52.9 Å². The molecule has 0 unspecified atom stereocenters. The van der Waals surface area contributed by atoms with E-state index in [0.717, 1.165) is 17.9 Å². The minimum Gasteiger partial charge on any atom is -0.491 e. The molecule has 0 aliphatic carbocycles. The van der Waals surface area contributed by atoms with Gasteiger partial charge in [-0.15, -0.1) is 0 Å². The van der Waals surface area contributed by atoms with E-state index in [1.165, 1.54) is 5.56 Å². The van der Waals surface area contributed by atoms with Gasteiger partial charge in [-0.2, -0.15) is 0 Å². The van der Waals surface area contributed by atoms with Crippen LogP contribution in [0.3, 0.4) is 0 Å². The lowest BCUT2D eigenvalue weighted by Crippen LogP contribution is -2.34. The van der Waals surface area contributed by atoms with Gasteiger partial charge in [-0.3, -0.25) is 0 Å². The summed E-state index contributed by atoms with van der Waals surface area (Å²) in [4.78, 5) is 0. The number of hydrogen-bond donors (Lipinski definition) is 2. The Balaban J connectivity index is 2.56. The van der Waals surface area contributed by atoms with Crippen LogP contribution in [0, 0.1) is 6.92 Å². The van der Waals surface area contributed by atoms with Crippen LogP contribution in [0.2, 0.25) is 0 Å². The van der Waals surface area contributed by atoms with Gasteiger partial charge in [0.25, 0.3) is 0 Å². The third-order valence-electron chi connectivity index (χ3n) is 2.49. The molecule has 18 heavy (non-hydrogen) atoms. The first-order valence-corrected chi connectivity index (χ1v) is 6.47. The summed E-state index contributed by atoms with van der Waals surface area (Å²) >= 11 is 0. The second-order valence-corrected chi connectivity index (χ2v) is 5.68. The van der Waals surface area contributed by atoms with E-state index in [4.69, 9.17) is 4.74 Å². The maximum Gasteiger partial charge on any atom is 0.122 e. The Kier molecular flexibility index (Phi) is 5.17. The van der Waals surface area contributed by atoms with Crippen LogP contribution in [0.5, 0.6) is 5.75 Å². The van der Waals surface area contributed by atoms with Crippen molar-refractivity contribution in [1.29, 1.82) is 0 Å². The third-order valence-corrected chi connectivity index (χ3v) is 2.49. The number of benzene rings is 1. The molecule has 0 aromatic heterocycles. The number of ether oxygens (including phenoxy) is 1. The van der Waals surface area contributed by atoms with Crippen LogP contribution in [0.4, 0.5) is 0 Å². The fourth-order valence-electron chi connectivity index (χ4n) is 1.72. The highest BCUT2D eigenvalue weighted by Gasteiger charge is 2.11. The van der Waals surface area contributed by atoms with Gasteiger partial charge in [-0.25, -0.2) is 0 Å². The minimum absolute atomic E-state index is 0.197. The van der Waals surface area contributed by atoms with Gasteiger partial charge in [-0.1, -0.05) is 12.1 Å². The van der Waals surface area contributed by atoms with Gasteiger partial charge in [0, 0.05) is 13.1 Å². The van der Waals surface area contributed by atoms with E-state index in [1.54, 1.807) is 13.8 Å². The summed E-state index contributed by atoms with van der Waals surface area (Å²) in [6, 6.07) is 6.19. The molecule has 0 atom stereocenters. The van der Waals surface area contributed by atoms with Crippen LogP contribution >= 0.6 is 0 Å². The molecule has 0 saturated carbocycles. The molecule has 1 rings (SSSR count). The molecule has 0 aliphatic heterocycles. The van der Waals surface area contributed by atoms with Gasteiger partial charge >= 0.3 is 0 Å². The van der Waals surface area contributed by atoms with Crippen LogP contribution in [0.25, 0.3) is 0 Å². The van der Waals surface area contributed by atoms with Gasteiger partial charge in [0.2, 0.25) is 0 Å². The molecule has 0 fully saturated rings. The molecule has 0 bridgehead atoms. The van der Waals surface area contributed by atoms with Gasteiger partial charge in [0.1, 0.15) is 5.75 Å². The lowest BCUT2D eigenvalue weighted by Gasteiger charge is -2.18. The molecule has 2 N–H and O–H groups in total. The fourth-order valence-corrected chi connectivity index (χ4v) is 1.72. The van der Waals surface area contributed by atoms with Crippen LogP contribution in [0.15, 0.2) is 18.2 Å². The number of hydrogen-bond acceptors (Lipinski definition) is 3. The normalized spacial score (nSPS) is 11.9. The zero-order valence-electron chi connectivity index (χ0n) is 12.1. The average Bonchev–Trinajstić information content (AvgIpc) is 2.19. The first-order chi connectivity index (χ1) is 8.28. The second-order valence-electron chi connectivity index (χ2n) is 5.68. The van der Waals surface area contributed by atoms with Crippen LogP contribution < -0.4 is 10.1 Å². The van der Waals surface area contributed by atoms with E-state index in [-0.39, 0.29) is 6.10 Å². The Morgan fingerprint density at radius 1 is 1.33 bits per heavy atom. The molecule has 0 aliphatic rings. The van der Waals surface area contributed by atoms with Gasteiger partial charge < -0.3 is 15.2 Å². The van der Waals surface area contributed by atoms with Crippen molar-refractivity contribution >= 4 is 0 Å². The molecule has 0 saturated heterocycles. The molecule has 1 aromatic rings. The lowest BCUT2D eigenvalue weighted by atomic mass is 10.1. The number of aliphatic hydroxyl groups is 1. The monoisotopic (exact) mass is 251 g/mol. The van der Waals surface area contributed by atoms with E-state index in [2.05, 4.69) is 24.4 Å².